The van der Waals surface area contributed by atoms with Crippen LogP contribution in [0.4, 0.5) is 0 Å². The molecule has 0 bridgehead atoms. The average molecular weight is 463 g/mol. The Labute approximate surface area is 195 Å². The number of fused-ring (bicyclic) bond motifs is 1. The van der Waals surface area contributed by atoms with Crippen LogP contribution < -0.4 is 4.74 Å². The van der Waals surface area contributed by atoms with Crippen molar-refractivity contribution in [3.63, 3.8) is 0 Å². The van der Waals surface area contributed by atoms with Crippen molar-refractivity contribution in [2.75, 3.05) is 0 Å². The van der Waals surface area contributed by atoms with Gasteiger partial charge in [0.05, 0.1) is 16.7 Å². The lowest BCUT2D eigenvalue weighted by molar-refractivity contribution is -0.138. The molecule has 1 aliphatic rings. The van der Waals surface area contributed by atoms with Gasteiger partial charge in [0.25, 0.3) is 0 Å². The van der Waals surface area contributed by atoms with E-state index < -0.39 is 5.97 Å². The molecule has 0 radical (unpaired) electrons. The maximum Gasteiger partial charge on any atom is 0.303 e. The standard InChI is InChI=1S/C25H23ClN4O3/c26-18-5-9-21-22(12-18)30-25(29-21)17-3-8-20(27-14-17)16-4-10-23(28-13-16)33-19-6-1-15(2-7-19)11-24(31)32/h3-5,8-10,12-15,19H,1-2,6-7,11H2,(H,29,30)(H,31,32)/t15-,19+. The van der Waals surface area contributed by atoms with Crippen LogP contribution in [0.3, 0.4) is 0 Å². The number of aliphatic carboxylic acids is 1. The average Bonchev–Trinajstić information content (AvgIpc) is 3.24. The zero-order valence-corrected chi connectivity index (χ0v) is 18.6. The lowest BCUT2D eigenvalue weighted by Crippen LogP contribution is -2.25. The van der Waals surface area contributed by atoms with Gasteiger partial charge >= 0.3 is 5.97 Å². The van der Waals surface area contributed by atoms with E-state index in [4.69, 9.17) is 21.4 Å². The maximum absolute atomic E-state index is 10.9. The largest absolute Gasteiger partial charge is 0.481 e. The number of halogens is 1. The number of H-pyrrole nitrogens is 1. The van der Waals surface area contributed by atoms with Crippen LogP contribution in [-0.4, -0.2) is 37.1 Å². The summed E-state index contributed by atoms with van der Waals surface area (Å²) in [6, 6.07) is 13.3. The van der Waals surface area contributed by atoms with E-state index in [1.807, 2.05) is 42.5 Å². The van der Waals surface area contributed by atoms with Gasteiger partial charge in [-0.15, -0.1) is 0 Å². The highest BCUT2D eigenvalue weighted by Gasteiger charge is 2.24. The molecule has 1 aromatic carbocycles. The Morgan fingerprint density at radius 1 is 1.03 bits per heavy atom. The first kappa shape index (κ1) is 21.4. The van der Waals surface area contributed by atoms with Gasteiger partial charge in [0.1, 0.15) is 11.9 Å². The van der Waals surface area contributed by atoms with Crippen molar-refractivity contribution in [1.29, 1.82) is 0 Å². The third-order valence-electron chi connectivity index (χ3n) is 6.06. The minimum atomic E-state index is -0.722. The number of nitrogens with one attached hydrogen (secondary N) is 1. The lowest BCUT2D eigenvalue weighted by atomic mass is 9.85. The van der Waals surface area contributed by atoms with Crippen molar-refractivity contribution in [2.24, 2.45) is 5.92 Å². The van der Waals surface area contributed by atoms with E-state index in [-0.39, 0.29) is 18.4 Å². The summed E-state index contributed by atoms with van der Waals surface area (Å²) in [6.07, 6.45) is 7.36. The number of ether oxygens (including phenoxy) is 1. The van der Waals surface area contributed by atoms with Crippen molar-refractivity contribution >= 4 is 28.6 Å². The monoisotopic (exact) mass is 462 g/mol. The third-order valence-corrected chi connectivity index (χ3v) is 6.29. The van der Waals surface area contributed by atoms with Crippen LogP contribution in [0.1, 0.15) is 32.1 Å². The molecule has 1 aliphatic carbocycles. The second-order valence-corrected chi connectivity index (χ2v) is 8.86. The summed E-state index contributed by atoms with van der Waals surface area (Å²) in [5.74, 6) is 0.856. The molecule has 0 saturated heterocycles. The van der Waals surface area contributed by atoms with Gasteiger partial charge in [-0.2, -0.15) is 0 Å². The zero-order chi connectivity index (χ0) is 22.8. The van der Waals surface area contributed by atoms with Gasteiger partial charge in [-0.05, 0) is 68.0 Å². The Balaban J connectivity index is 1.22. The van der Waals surface area contributed by atoms with Gasteiger partial charge in [0.15, 0.2) is 0 Å². The predicted molar refractivity (Wildman–Crippen MR) is 126 cm³/mol. The Bertz CT molecular complexity index is 1260. The van der Waals surface area contributed by atoms with Crippen LogP contribution in [-0.2, 0) is 4.79 Å². The number of aromatic amines is 1. The van der Waals surface area contributed by atoms with Crippen molar-refractivity contribution in [2.45, 2.75) is 38.2 Å². The number of rotatable bonds is 6. The van der Waals surface area contributed by atoms with E-state index in [1.165, 1.54) is 0 Å². The summed E-state index contributed by atoms with van der Waals surface area (Å²) in [4.78, 5) is 27.8. The summed E-state index contributed by atoms with van der Waals surface area (Å²) in [7, 11) is 0. The van der Waals surface area contributed by atoms with Crippen LogP contribution in [0.2, 0.25) is 5.02 Å². The Kier molecular flexibility index (Phi) is 5.96. The highest BCUT2D eigenvalue weighted by Crippen LogP contribution is 2.30. The van der Waals surface area contributed by atoms with Crippen LogP contribution in [0.5, 0.6) is 5.88 Å². The van der Waals surface area contributed by atoms with Gasteiger partial charge in [0.2, 0.25) is 5.88 Å². The first-order valence-corrected chi connectivity index (χ1v) is 11.4. The highest BCUT2D eigenvalue weighted by atomic mass is 35.5. The molecule has 4 aromatic rings. The summed E-state index contributed by atoms with van der Waals surface area (Å²) in [5, 5.41) is 9.61. The predicted octanol–water partition coefficient (Wildman–Crippen LogP) is 5.75. The molecule has 0 unspecified atom stereocenters. The number of nitrogens with zero attached hydrogens (tertiary/aromatic N) is 3. The maximum atomic E-state index is 10.9. The summed E-state index contributed by atoms with van der Waals surface area (Å²) in [6.45, 7) is 0. The fourth-order valence-corrected chi connectivity index (χ4v) is 4.47. The Morgan fingerprint density at radius 3 is 2.52 bits per heavy atom. The van der Waals surface area contributed by atoms with E-state index in [1.54, 1.807) is 12.4 Å². The van der Waals surface area contributed by atoms with Crippen LogP contribution in [0.15, 0.2) is 54.9 Å². The molecule has 5 rings (SSSR count). The van der Waals surface area contributed by atoms with Crippen molar-refractivity contribution in [3.05, 3.63) is 59.9 Å². The Morgan fingerprint density at radius 2 is 1.82 bits per heavy atom. The molecule has 8 heteroatoms. The molecule has 7 nitrogen and oxygen atoms in total. The number of hydrogen-bond acceptors (Lipinski definition) is 5. The summed E-state index contributed by atoms with van der Waals surface area (Å²) in [5.41, 5.74) is 4.34. The van der Waals surface area contributed by atoms with Gasteiger partial charge in [-0.25, -0.2) is 9.97 Å². The normalized spacial score (nSPS) is 18.3. The Hall–Kier alpha value is -3.45. The van der Waals surface area contributed by atoms with E-state index >= 15 is 0 Å². The lowest BCUT2D eigenvalue weighted by Gasteiger charge is -2.27. The first-order valence-electron chi connectivity index (χ1n) is 11.0. The molecule has 3 heterocycles. The quantitative estimate of drug-likeness (QED) is 0.378. The van der Waals surface area contributed by atoms with Gasteiger partial charge in [0, 0.05) is 41.0 Å². The summed E-state index contributed by atoms with van der Waals surface area (Å²) >= 11 is 6.06. The smallest absolute Gasteiger partial charge is 0.303 e. The molecule has 2 N–H and O–H groups in total. The highest BCUT2D eigenvalue weighted by molar-refractivity contribution is 6.31. The second kappa shape index (κ2) is 9.19. The van der Waals surface area contributed by atoms with Crippen LogP contribution in [0.25, 0.3) is 33.7 Å². The molecule has 0 aliphatic heterocycles. The third kappa shape index (κ3) is 4.98. The van der Waals surface area contributed by atoms with Gasteiger partial charge < -0.3 is 14.8 Å². The zero-order valence-electron chi connectivity index (χ0n) is 17.9. The SMILES string of the molecule is O=C(O)C[C@H]1CC[C@@H](Oc2ccc(-c3ccc(-c4nc5ccc(Cl)cc5[nH]4)cn3)cn2)CC1. The molecule has 1 saturated carbocycles. The number of benzene rings is 1. The molecular formula is C25H23ClN4O3. The number of carboxylic acid groups (broad SMARTS) is 1. The number of hydrogen-bond donors (Lipinski definition) is 2. The van der Waals surface area contributed by atoms with E-state index in [0.717, 1.165) is 59.4 Å². The van der Waals surface area contributed by atoms with Crippen molar-refractivity contribution < 1.29 is 14.6 Å². The number of carbonyl (C=O) groups is 1. The van der Waals surface area contributed by atoms with Crippen LogP contribution in [0, 0.1) is 5.92 Å². The molecule has 0 amide bonds. The van der Waals surface area contributed by atoms with E-state index in [9.17, 15) is 4.79 Å². The number of carboxylic acids is 1. The number of pyridine rings is 2. The molecule has 168 valence electrons. The van der Waals surface area contributed by atoms with E-state index in [2.05, 4.69) is 19.9 Å². The van der Waals surface area contributed by atoms with E-state index in [0.29, 0.717) is 10.9 Å². The topological polar surface area (TPSA) is 101 Å². The van der Waals surface area contributed by atoms with Crippen molar-refractivity contribution in [1.82, 2.24) is 19.9 Å². The second-order valence-electron chi connectivity index (χ2n) is 8.42. The molecule has 0 spiro atoms. The first-order chi connectivity index (χ1) is 16.0. The molecule has 0 atom stereocenters. The molecule has 1 fully saturated rings. The minimum absolute atomic E-state index is 0.0875. The fourth-order valence-electron chi connectivity index (χ4n) is 4.30. The number of aromatic nitrogens is 4. The molecule has 33 heavy (non-hydrogen) atoms. The number of imidazole rings is 1. The van der Waals surface area contributed by atoms with Gasteiger partial charge in [-0.1, -0.05) is 11.6 Å². The fraction of sp³-hybridized carbons (Fsp3) is 0.280. The van der Waals surface area contributed by atoms with Crippen LogP contribution >= 0.6 is 11.6 Å². The van der Waals surface area contributed by atoms with Crippen molar-refractivity contribution in [3.8, 4) is 28.5 Å². The molecular weight excluding hydrogens is 440 g/mol. The minimum Gasteiger partial charge on any atom is -0.481 e. The molecule has 3 aromatic heterocycles. The van der Waals surface area contributed by atoms with Gasteiger partial charge in [-0.3, -0.25) is 9.78 Å². The summed E-state index contributed by atoms with van der Waals surface area (Å²) < 4.78 is 6.01.